The molecule has 2 bridgehead atoms. The van der Waals surface area contributed by atoms with Crippen LogP contribution in [0.2, 0.25) is 0 Å². The summed E-state index contributed by atoms with van der Waals surface area (Å²) in [7, 11) is 0. The van der Waals surface area contributed by atoms with Gasteiger partial charge in [0.05, 0.1) is 18.2 Å². The highest BCUT2D eigenvalue weighted by atomic mass is 16.2. The molecule has 4 saturated heterocycles. The Morgan fingerprint density at radius 1 is 1.18 bits per heavy atom. The number of hydrogen-bond donors (Lipinski definition) is 0. The number of amides is 3. The van der Waals surface area contributed by atoms with Crippen molar-refractivity contribution in [2.45, 2.75) is 51.1 Å². The average molecular weight is 384 g/mol. The molecule has 0 radical (unpaired) electrons. The molecule has 4 aliphatic heterocycles. The van der Waals surface area contributed by atoms with Crippen LogP contribution in [0.4, 0.5) is 0 Å². The largest absolute Gasteiger partial charge is 0.343 e. The third kappa shape index (κ3) is 4.03. The Labute approximate surface area is 165 Å². The van der Waals surface area contributed by atoms with E-state index in [9.17, 15) is 14.4 Å². The van der Waals surface area contributed by atoms with Crippen LogP contribution in [0.15, 0.2) is 24.4 Å². The molecule has 7 heteroatoms. The highest BCUT2D eigenvalue weighted by Gasteiger charge is 2.41. The van der Waals surface area contributed by atoms with E-state index >= 15 is 0 Å². The zero-order valence-electron chi connectivity index (χ0n) is 16.3. The Balaban J connectivity index is 1.35. The number of piperidine rings is 1. The highest BCUT2D eigenvalue weighted by Crippen LogP contribution is 2.30. The Kier molecular flexibility index (Phi) is 5.59. The molecule has 0 spiro atoms. The Morgan fingerprint density at radius 2 is 2.07 bits per heavy atom. The topological polar surface area (TPSA) is 73.8 Å². The zero-order chi connectivity index (χ0) is 19.5. The minimum atomic E-state index is -0.105. The Bertz CT molecular complexity index is 738. The molecule has 4 fully saturated rings. The average Bonchev–Trinajstić information content (AvgIpc) is 2.92. The first kappa shape index (κ1) is 18.9. The molecule has 0 aliphatic carbocycles. The van der Waals surface area contributed by atoms with Crippen molar-refractivity contribution in [3.8, 4) is 0 Å². The molecule has 2 atom stereocenters. The van der Waals surface area contributed by atoms with Gasteiger partial charge in [-0.2, -0.15) is 0 Å². The smallest absolute Gasteiger partial charge is 0.228 e. The minimum absolute atomic E-state index is 0.0670. The van der Waals surface area contributed by atoms with Gasteiger partial charge in [-0.1, -0.05) is 6.07 Å². The number of hydrogen-bond acceptors (Lipinski definition) is 4. The van der Waals surface area contributed by atoms with Crippen LogP contribution in [0.1, 0.15) is 44.2 Å². The van der Waals surface area contributed by atoms with Gasteiger partial charge in [-0.15, -0.1) is 0 Å². The maximum absolute atomic E-state index is 12.9. The first-order chi connectivity index (χ1) is 13.6. The van der Waals surface area contributed by atoms with Gasteiger partial charge in [0.1, 0.15) is 0 Å². The second-order valence-electron chi connectivity index (χ2n) is 8.10. The SMILES string of the molecule is O=C1CCCN1CCCC(=O)N1C[C@@H]2CC[C@H](C1)N(Cc1ccccn1)C2=O. The van der Waals surface area contributed by atoms with Crippen molar-refractivity contribution in [3.63, 3.8) is 0 Å². The number of aromatic nitrogens is 1. The van der Waals surface area contributed by atoms with Crippen molar-refractivity contribution in [3.05, 3.63) is 30.1 Å². The summed E-state index contributed by atoms with van der Waals surface area (Å²) in [5.41, 5.74) is 0.886. The molecular formula is C21H28N4O3. The van der Waals surface area contributed by atoms with Crippen LogP contribution in [0.25, 0.3) is 0 Å². The first-order valence-corrected chi connectivity index (χ1v) is 10.4. The van der Waals surface area contributed by atoms with E-state index in [1.54, 1.807) is 6.20 Å². The van der Waals surface area contributed by atoms with E-state index in [-0.39, 0.29) is 29.7 Å². The normalized spacial score (nSPS) is 24.8. The molecular weight excluding hydrogens is 356 g/mol. The number of likely N-dealkylation sites (tertiary alicyclic amines) is 1. The predicted octanol–water partition coefficient (Wildman–Crippen LogP) is 1.43. The van der Waals surface area contributed by atoms with Crippen LogP contribution >= 0.6 is 0 Å². The van der Waals surface area contributed by atoms with Crippen molar-refractivity contribution in [2.24, 2.45) is 5.92 Å². The molecule has 0 unspecified atom stereocenters. The lowest BCUT2D eigenvalue weighted by atomic mass is 9.94. The van der Waals surface area contributed by atoms with Gasteiger partial charge in [-0.25, -0.2) is 0 Å². The van der Waals surface area contributed by atoms with Crippen LogP contribution < -0.4 is 0 Å². The van der Waals surface area contributed by atoms with Gasteiger partial charge in [0.25, 0.3) is 0 Å². The van der Waals surface area contributed by atoms with Crippen molar-refractivity contribution >= 4 is 17.7 Å². The van der Waals surface area contributed by atoms with Crippen LogP contribution in [0.3, 0.4) is 0 Å². The van der Waals surface area contributed by atoms with Crippen molar-refractivity contribution in [1.29, 1.82) is 0 Å². The Morgan fingerprint density at radius 3 is 2.82 bits per heavy atom. The summed E-state index contributed by atoms with van der Waals surface area (Å²) in [4.78, 5) is 47.4. The summed E-state index contributed by atoms with van der Waals surface area (Å²) in [6.07, 6.45) is 6.24. The quantitative estimate of drug-likeness (QED) is 0.744. The number of nitrogens with zero attached hydrogens (tertiary/aromatic N) is 4. The lowest BCUT2D eigenvalue weighted by molar-refractivity contribution is -0.140. The molecule has 1 aromatic heterocycles. The summed E-state index contributed by atoms with van der Waals surface area (Å²) in [6, 6.07) is 5.81. The van der Waals surface area contributed by atoms with Gasteiger partial charge in [-0.3, -0.25) is 19.4 Å². The number of carbonyl (C=O) groups excluding carboxylic acids is 3. The molecule has 28 heavy (non-hydrogen) atoms. The van der Waals surface area contributed by atoms with Gasteiger partial charge in [0.2, 0.25) is 17.7 Å². The third-order valence-electron chi connectivity index (χ3n) is 6.19. The second kappa shape index (κ2) is 8.29. The molecule has 5 rings (SSSR count). The van der Waals surface area contributed by atoms with Crippen LogP contribution in [0.5, 0.6) is 0 Å². The van der Waals surface area contributed by atoms with Crippen molar-refractivity contribution in [2.75, 3.05) is 26.2 Å². The third-order valence-corrected chi connectivity index (χ3v) is 6.19. The van der Waals surface area contributed by atoms with E-state index in [1.165, 1.54) is 0 Å². The summed E-state index contributed by atoms with van der Waals surface area (Å²) in [5.74, 6) is 0.360. The van der Waals surface area contributed by atoms with Gasteiger partial charge in [-0.05, 0) is 37.8 Å². The molecule has 0 aromatic carbocycles. The lowest BCUT2D eigenvalue weighted by Gasteiger charge is -2.35. The van der Waals surface area contributed by atoms with Crippen molar-refractivity contribution in [1.82, 2.24) is 19.7 Å². The summed E-state index contributed by atoms with van der Waals surface area (Å²) in [5, 5.41) is 0. The first-order valence-electron chi connectivity index (χ1n) is 10.4. The summed E-state index contributed by atoms with van der Waals surface area (Å²) < 4.78 is 0. The minimum Gasteiger partial charge on any atom is -0.343 e. The van der Waals surface area contributed by atoms with Gasteiger partial charge >= 0.3 is 0 Å². The van der Waals surface area contributed by atoms with E-state index in [2.05, 4.69) is 4.98 Å². The summed E-state index contributed by atoms with van der Waals surface area (Å²) in [6.45, 7) is 3.12. The molecule has 3 amide bonds. The molecule has 7 nitrogen and oxygen atoms in total. The summed E-state index contributed by atoms with van der Waals surface area (Å²) >= 11 is 0. The maximum atomic E-state index is 12.9. The Hall–Kier alpha value is -2.44. The molecule has 0 saturated carbocycles. The van der Waals surface area contributed by atoms with Crippen LogP contribution in [-0.2, 0) is 20.9 Å². The van der Waals surface area contributed by atoms with Gasteiger partial charge < -0.3 is 14.7 Å². The molecule has 5 heterocycles. The van der Waals surface area contributed by atoms with E-state index in [4.69, 9.17) is 0 Å². The lowest BCUT2D eigenvalue weighted by Crippen LogP contribution is -2.47. The van der Waals surface area contributed by atoms with Crippen LogP contribution in [0, 0.1) is 5.92 Å². The molecule has 1 aromatic rings. The number of fused-ring (bicyclic) bond motifs is 4. The van der Waals surface area contributed by atoms with Crippen molar-refractivity contribution < 1.29 is 14.4 Å². The monoisotopic (exact) mass is 384 g/mol. The van der Waals surface area contributed by atoms with Crippen LogP contribution in [-0.4, -0.2) is 69.6 Å². The fourth-order valence-electron chi connectivity index (χ4n) is 4.64. The fraction of sp³-hybridized carbons (Fsp3) is 0.619. The highest BCUT2D eigenvalue weighted by molar-refractivity contribution is 5.83. The molecule has 150 valence electrons. The van der Waals surface area contributed by atoms with Gasteiger partial charge in [0, 0.05) is 51.3 Å². The number of rotatable bonds is 6. The van der Waals surface area contributed by atoms with E-state index in [0.717, 1.165) is 31.5 Å². The fourth-order valence-corrected chi connectivity index (χ4v) is 4.64. The molecule has 0 N–H and O–H groups in total. The zero-order valence-corrected chi connectivity index (χ0v) is 16.3. The van der Waals surface area contributed by atoms with E-state index < -0.39 is 0 Å². The number of carbonyl (C=O) groups is 3. The standard InChI is InChI=1S/C21H28N4O3/c26-19-6-3-11-23(19)12-4-7-20(27)24-13-16-8-9-18(15-24)25(21(16)28)14-17-5-1-2-10-22-17/h1-2,5,10,16,18H,3-4,6-9,11-15H2/t16-,18+/m0/s1. The number of pyridine rings is 1. The van der Waals surface area contributed by atoms with E-state index in [1.807, 2.05) is 32.9 Å². The second-order valence-corrected chi connectivity index (χ2v) is 8.10. The van der Waals surface area contributed by atoms with E-state index in [0.29, 0.717) is 45.4 Å². The predicted molar refractivity (Wildman–Crippen MR) is 103 cm³/mol. The maximum Gasteiger partial charge on any atom is 0.228 e. The molecule has 4 aliphatic rings. The van der Waals surface area contributed by atoms with Gasteiger partial charge in [0.15, 0.2) is 0 Å².